The minimum atomic E-state index is -0.136. The summed E-state index contributed by atoms with van der Waals surface area (Å²) in [5.41, 5.74) is 10.0. The number of ether oxygens (including phenoxy) is 1. The lowest BCUT2D eigenvalue weighted by atomic mass is 10.1. The molecule has 2 atom stereocenters. The monoisotopic (exact) mass is 265 g/mol. The zero-order chi connectivity index (χ0) is 14.0. The molecule has 2 heterocycles. The van der Waals surface area contributed by atoms with E-state index in [1.165, 1.54) is 0 Å². The van der Waals surface area contributed by atoms with Crippen LogP contribution in [0.15, 0.2) is 6.07 Å². The van der Waals surface area contributed by atoms with E-state index in [-0.39, 0.29) is 18.8 Å². The molecule has 5 nitrogen and oxygen atoms in total. The minimum absolute atomic E-state index is 0.0435. The number of morpholine rings is 1. The van der Waals surface area contributed by atoms with Crippen molar-refractivity contribution in [3.8, 4) is 0 Å². The SMILES string of the molecule is Cc1cc(N2CC(C)OC(CO)C2)c(CN)c(C)n1. The number of aliphatic hydroxyl groups is 1. The maximum absolute atomic E-state index is 9.32. The fourth-order valence-corrected chi connectivity index (χ4v) is 2.71. The standard InChI is InChI=1S/C14H23N3O2/c1-9-4-14(13(5-15)11(3)16-9)17-6-10(2)19-12(7-17)8-18/h4,10,12,18H,5-8,15H2,1-3H3. The highest BCUT2D eigenvalue weighted by Crippen LogP contribution is 2.26. The largest absolute Gasteiger partial charge is 0.394 e. The molecule has 0 radical (unpaired) electrons. The summed E-state index contributed by atoms with van der Waals surface area (Å²) < 4.78 is 5.68. The maximum Gasteiger partial charge on any atom is 0.0984 e. The van der Waals surface area contributed by atoms with Crippen molar-refractivity contribution in [1.29, 1.82) is 0 Å². The molecule has 0 saturated carbocycles. The van der Waals surface area contributed by atoms with Gasteiger partial charge >= 0.3 is 0 Å². The van der Waals surface area contributed by atoms with E-state index in [9.17, 15) is 5.11 Å². The Balaban J connectivity index is 2.34. The Labute approximate surface area is 114 Å². The average molecular weight is 265 g/mol. The van der Waals surface area contributed by atoms with Crippen LogP contribution in [0.2, 0.25) is 0 Å². The van der Waals surface area contributed by atoms with Crippen LogP contribution in [0.3, 0.4) is 0 Å². The highest BCUT2D eigenvalue weighted by atomic mass is 16.5. The van der Waals surface area contributed by atoms with Crippen LogP contribution in [0.1, 0.15) is 23.9 Å². The average Bonchev–Trinajstić information content (AvgIpc) is 2.37. The predicted octanol–water partition coefficient (Wildman–Crippen LogP) is 0.743. The van der Waals surface area contributed by atoms with Crippen molar-refractivity contribution >= 4 is 5.69 Å². The number of nitrogens with zero attached hydrogens (tertiary/aromatic N) is 2. The molecule has 2 unspecified atom stereocenters. The van der Waals surface area contributed by atoms with Crippen molar-refractivity contribution in [2.24, 2.45) is 5.73 Å². The molecule has 1 aromatic rings. The van der Waals surface area contributed by atoms with Crippen molar-refractivity contribution in [3.63, 3.8) is 0 Å². The van der Waals surface area contributed by atoms with Gasteiger partial charge in [-0.05, 0) is 26.8 Å². The molecule has 106 valence electrons. The Morgan fingerprint density at radius 1 is 1.47 bits per heavy atom. The molecule has 5 heteroatoms. The molecule has 19 heavy (non-hydrogen) atoms. The smallest absolute Gasteiger partial charge is 0.0984 e. The minimum Gasteiger partial charge on any atom is -0.394 e. The lowest BCUT2D eigenvalue weighted by Crippen LogP contribution is -2.48. The molecule has 1 aliphatic rings. The van der Waals surface area contributed by atoms with Crippen LogP contribution in [0.5, 0.6) is 0 Å². The van der Waals surface area contributed by atoms with Crippen LogP contribution in [0.25, 0.3) is 0 Å². The first-order valence-corrected chi connectivity index (χ1v) is 6.73. The third kappa shape index (κ3) is 3.05. The first kappa shape index (κ1) is 14.2. The molecule has 1 aliphatic heterocycles. The van der Waals surface area contributed by atoms with E-state index < -0.39 is 0 Å². The lowest BCUT2D eigenvalue weighted by molar-refractivity contribution is -0.0421. The van der Waals surface area contributed by atoms with Gasteiger partial charge in [0.15, 0.2) is 0 Å². The van der Waals surface area contributed by atoms with E-state index in [2.05, 4.69) is 16.0 Å². The summed E-state index contributed by atoms with van der Waals surface area (Å²) in [6, 6.07) is 2.07. The normalized spacial score (nSPS) is 23.7. The first-order valence-electron chi connectivity index (χ1n) is 6.73. The van der Waals surface area contributed by atoms with Gasteiger partial charge in [0.1, 0.15) is 0 Å². The maximum atomic E-state index is 9.32. The van der Waals surface area contributed by atoms with E-state index >= 15 is 0 Å². The summed E-state index contributed by atoms with van der Waals surface area (Å²) >= 11 is 0. The number of rotatable bonds is 3. The van der Waals surface area contributed by atoms with Crippen molar-refractivity contribution in [2.45, 2.75) is 39.5 Å². The van der Waals surface area contributed by atoms with Gasteiger partial charge < -0.3 is 20.5 Å². The third-order valence-corrected chi connectivity index (χ3v) is 3.51. The number of hydrogen-bond donors (Lipinski definition) is 2. The molecule has 3 N–H and O–H groups in total. The molecular formula is C14H23N3O2. The summed E-state index contributed by atoms with van der Waals surface area (Å²) in [5, 5.41) is 9.32. The van der Waals surface area contributed by atoms with E-state index in [1.807, 2.05) is 20.8 Å². The molecule has 0 bridgehead atoms. The lowest BCUT2D eigenvalue weighted by Gasteiger charge is -2.38. The molecule has 2 rings (SSSR count). The Kier molecular flexibility index (Phi) is 4.39. The third-order valence-electron chi connectivity index (χ3n) is 3.51. The molecular weight excluding hydrogens is 242 g/mol. The second-order valence-electron chi connectivity index (χ2n) is 5.21. The van der Waals surface area contributed by atoms with E-state index in [0.717, 1.165) is 29.2 Å². The molecule has 0 amide bonds. The van der Waals surface area contributed by atoms with E-state index in [0.29, 0.717) is 13.1 Å². The zero-order valence-electron chi connectivity index (χ0n) is 11.9. The molecule has 0 spiro atoms. The van der Waals surface area contributed by atoms with Crippen LogP contribution >= 0.6 is 0 Å². The van der Waals surface area contributed by atoms with Gasteiger partial charge in [0.2, 0.25) is 0 Å². The van der Waals surface area contributed by atoms with Crippen LogP contribution in [-0.2, 0) is 11.3 Å². The van der Waals surface area contributed by atoms with Crippen LogP contribution in [-0.4, -0.2) is 42.0 Å². The van der Waals surface area contributed by atoms with Crippen LogP contribution in [0, 0.1) is 13.8 Å². The van der Waals surface area contributed by atoms with Gasteiger partial charge in [-0.25, -0.2) is 0 Å². The van der Waals surface area contributed by atoms with Gasteiger partial charge in [0.25, 0.3) is 0 Å². The number of aromatic nitrogens is 1. The Hall–Kier alpha value is -1.17. The second kappa shape index (κ2) is 5.86. The van der Waals surface area contributed by atoms with Crippen molar-refractivity contribution < 1.29 is 9.84 Å². The van der Waals surface area contributed by atoms with Gasteiger partial charge in [-0.3, -0.25) is 4.98 Å². The summed E-state index contributed by atoms with van der Waals surface area (Å²) in [7, 11) is 0. The second-order valence-corrected chi connectivity index (χ2v) is 5.21. The van der Waals surface area contributed by atoms with Gasteiger partial charge in [0, 0.05) is 42.3 Å². The van der Waals surface area contributed by atoms with Gasteiger partial charge in [-0.15, -0.1) is 0 Å². The van der Waals surface area contributed by atoms with Crippen molar-refractivity contribution in [1.82, 2.24) is 4.98 Å². The fourth-order valence-electron chi connectivity index (χ4n) is 2.71. The number of nitrogens with two attached hydrogens (primary N) is 1. The number of pyridine rings is 1. The van der Waals surface area contributed by atoms with Crippen molar-refractivity contribution in [2.75, 3.05) is 24.6 Å². The molecule has 0 aromatic carbocycles. The number of aryl methyl sites for hydroxylation is 2. The molecule has 1 saturated heterocycles. The number of hydrogen-bond acceptors (Lipinski definition) is 5. The highest BCUT2D eigenvalue weighted by Gasteiger charge is 2.26. The van der Waals surface area contributed by atoms with Gasteiger partial charge in [-0.2, -0.15) is 0 Å². The van der Waals surface area contributed by atoms with Gasteiger partial charge in [0.05, 0.1) is 18.8 Å². The summed E-state index contributed by atoms with van der Waals surface area (Å²) in [6.45, 7) is 8.03. The Bertz CT molecular complexity index is 451. The molecule has 1 aromatic heterocycles. The molecule has 0 aliphatic carbocycles. The van der Waals surface area contributed by atoms with E-state index in [4.69, 9.17) is 10.5 Å². The molecule has 1 fully saturated rings. The summed E-state index contributed by atoms with van der Waals surface area (Å²) in [5.74, 6) is 0. The highest BCUT2D eigenvalue weighted by molar-refractivity contribution is 5.56. The van der Waals surface area contributed by atoms with Crippen molar-refractivity contribution in [3.05, 3.63) is 23.0 Å². The van der Waals surface area contributed by atoms with E-state index in [1.54, 1.807) is 0 Å². The zero-order valence-corrected chi connectivity index (χ0v) is 11.9. The first-order chi connectivity index (χ1) is 9.05. The predicted molar refractivity (Wildman–Crippen MR) is 75.2 cm³/mol. The fraction of sp³-hybridized carbons (Fsp3) is 0.643. The van der Waals surface area contributed by atoms with Gasteiger partial charge in [-0.1, -0.05) is 0 Å². The summed E-state index contributed by atoms with van der Waals surface area (Å²) in [4.78, 5) is 6.72. The Morgan fingerprint density at radius 2 is 2.21 bits per heavy atom. The van der Waals surface area contributed by atoms with Crippen LogP contribution < -0.4 is 10.6 Å². The number of anilines is 1. The summed E-state index contributed by atoms with van der Waals surface area (Å²) in [6.07, 6.45) is -0.0338. The Morgan fingerprint density at radius 3 is 2.84 bits per heavy atom. The quantitative estimate of drug-likeness (QED) is 0.843. The van der Waals surface area contributed by atoms with Crippen LogP contribution in [0.4, 0.5) is 5.69 Å². The topological polar surface area (TPSA) is 71.6 Å². The number of aliphatic hydroxyl groups excluding tert-OH is 1.